The molecule has 5 heteroatoms. The summed E-state index contributed by atoms with van der Waals surface area (Å²) in [6.45, 7) is 3.92. The lowest BCUT2D eigenvalue weighted by Gasteiger charge is -2.04. The third-order valence-corrected chi connectivity index (χ3v) is 6.39. The Morgan fingerprint density at radius 1 is 0.850 bits per heavy atom. The first-order valence-electron chi connectivity index (χ1n) is 6.16. The van der Waals surface area contributed by atoms with Crippen LogP contribution in [-0.4, -0.2) is 14.7 Å². The monoisotopic (exact) mass is 307 g/mol. The van der Waals surface area contributed by atoms with E-state index in [2.05, 4.69) is 3.77 Å². The van der Waals surface area contributed by atoms with Gasteiger partial charge in [-0.2, -0.15) is 8.42 Å². The molecule has 0 bridgehead atoms. The van der Waals surface area contributed by atoms with Gasteiger partial charge in [-0.15, -0.1) is 3.77 Å². The fourth-order valence-corrected chi connectivity index (χ4v) is 4.55. The summed E-state index contributed by atoms with van der Waals surface area (Å²) < 4.78 is 28.5. The zero-order valence-electron chi connectivity index (χ0n) is 11.7. The van der Waals surface area contributed by atoms with Crippen LogP contribution in [0.2, 0.25) is 0 Å². The maximum atomic E-state index is 12.2. The van der Waals surface area contributed by atoms with Crippen molar-refractivity contribution < 1.29 is 8.42 Å². The summed E-state index contributed by atoms with van der Waals surface area (Å²) in [5, 5.41) is 0. The number of aryl methyl sites for hydroxylation is 2. The Kier molecular flexibility index (Phi) is 4.40. The van der Waals surface area contributed by atoms with Gasteiger partial charge in [0.15, 0.2) is 0 Å². The van der Waals surface area contributed by atoms with Crippen LogP contribution in [0, 0.1) is 13.8 Å². The zero-order chi connectivity index (χ0) is 14.8. The van der Waals surface area contributed by atoms with E-state index < -0.39 is 20.7 Å². The summed E-state index contributed by atoms with van der Waals surface area (Å²) in [4.78, 5) is 1.17. The predicted octanol–water partition coefficient (Wildman–Crippen LogP) is 3.48. The van der Waals surface area contributed by atoms with Crippen LogP contribution in [0.1, 0.15) is 11.1 Å². The molecular weight excluding hydrogens is 290 g/mol. The summed E-state index contributed by atoms with van der Waals surface area (Å²) in [6.07, 6.45) is 1.82. The highest BCUT2D eigenvalue weighted by molar-refractivity contribution is 7.99. The van der Waals surface area contributed by atoms with Crippen LogP contribution in [-0.2, 0) is 20.7 Å². The minimum absolute atomic E-state index is 0.245. The van der Waals surface area contributed by atoms with Crippen molar-refractivity contribution in [1.82, 2.24) is 0 Å². The average molecular weight is 307 g/mol. The van der Waals surface area contributed by atoms with Gasteiger partial charge in [-0.25, -0.2) is 0 Å². The fourth-order valence-electron chi connectivity index (χ4n) is 1.68. The smallest absolute Gasteiger partial charge is 0.199 e. The van der Waals surface area contributed by atoms with Gasteiger partial charge in [0.2, 0.25) is 0 Å². The van der Waals surface area contributed by atoms with Gasteiger partial charge < -0.3 is 0 Å². The first kappa shape index (κ1) is 14.9. The zero-order valence-corrected chi connectivity index (χ0v) is 13.3. The van der Waals surface area contributed by atoms with Gasteiger partial charge in [0.25, 0.3) is 10.0 Å². The molecular formula is C15H17NO2S2. The second-order valence-electron chi connectivity index (χ2n) is 4.65. The standard InChI is InChI=1S/C15H17NO2S2/c1-12-4-8-14(9-5-12)19(3)16-20(17,18)15-10-6-13(2)7-11-15/h4-11H,1-3H3/t19-/m0/s1. The largest absolute Gasteiger partial charge is 0.288 e. The predicted molar refractivity (Wildman–Crippen MR) is 83.5 cm³/mol. The summed E-state index contributed by atoms with van der Waals surface area (Å²) in [5.41, 5.74) is 2.17. The van der Waals surface area contributed by atoms with Gasteiger partial charge in [-0.3, -0.25) is 0 Å². The minimum atomic E-state index is -3.60. The Morgan fingerprint density at radius 2 is 1.30 bits per heavy atom. The molecule has 0 saturated carbocycles. The highest BCUT2D eigenvalue weighted by Gasteiger charge is 2.13. The van der Waals surface area contributed by atoms with E-state index in [0.717, 1.165) is 16.0 Å². The lowest BCUT2D eigenvalue weighted by Crippen LogP contribution is -2.00. The maximum absolute atomic E-state index is 12.2. The van der Waals surface area contributed by atoms with E-state index >= 15 is 0 Å². The average Bonchev–Trinajstić information content (AvgIpc) is 2.39. The molecule has 0 aliphatic heterocycles. The number of benzene rings is 2. The van der Waals surface area contributed by atoms with Crippen LogP contribution in [0.25, 0.3) is 0 Å². The molecule has 0 saturated heterocycles. The summed E-state index contributed by atoms with van der Waals surface area (Å²) in [5.74, 6) is 0. The number of sulfonamides is 1. The Labute approximate surface area is 122 Å². The van der Waals surface area contributed by atoms with E-state index in [1.807, 2.05) is 44.4 Å². The first-order valence-corrected chi connectivity index (χ1v) is 9.19. The summed E-state index contributed by atoms with van der Waals surface area (Å²) in [7, 11) is -4.28. The molecule has 0 radical (unpaired) electrons. The van der Waals surface area contributed by atoms with Crippen molar-refractivity contribution >= 4 is 20.7 Å². The van der Waals surface area contributed by atoms with Crippen LogP contribution in [0.15, 0.2) is 62.1 Å². The molecule has 0 heterocycles. The van der Waals surface area contributed by atoms with E-state index in [9.17, 15) is 8.42 Å². The van der Waals surface area contributed by atoms with Crippen molar-refractivity contribution in [3.63, 3.8) is 0 Å². The molecule has 0 N–H and O–H groups in total. The summed E-state index contributed by atoms with van der Waals surface area (Å²) in [6, 6.07) is 14.5. The molecule has 0 aliphatic rings. The molecule has 20 heavy (non-hydrogen) atoms. The lowest BCUT2D eigenvalue weighted by molar-refractivity contribution is 0.598. The van der Waals surface area contributed by atoms with Gasteiger partial charge >= 0.3 is 0 Å². The molecule has 2 aromatic carbocycles. The molecule has 0 fully saturated rings. The number of hydrogen-bond acceptors (Lipinski definition) is 2. The molecule has 0 aromatic heterocycles. The normalized spacial score (nSPS) is 13.3. The Balaban J connectivity index is 2.37. The van der Waals surface area contributed by atoms with E-state index in [0.29, 0.717) is 0 Å². The molecule has 1 atom stereocenters. The van der Waals surface area contributed by atoms with E-state index in [4.69, 9.17) is 0 Å². The van der Waals surface area contributed by atoms with Crippen LogP contribution in [0.4, 0.5) is 0 Å². The summed E-state index contributed by atoms with van der Waals surface area (Å²) >= 11 is 0. The van der Waals surface area contributed by atoms with Gasteiger partial charge in [-0.05, 0) is 44.4 Å². The second-order valence-corrected chi connectivity index (χ2v) is 8.10. The SMILES string of the molecule is Cc1ccc([S@](C)=NS(=O)(=O)c2ccc(C)cc2)cc1. The molecule has 106 valence electrons. The molecule has 2 aromatic rings. The molecule has 0 spiro atoms. The molecule has 0 aliphatic carbocycles. The number of hydrogen-bond donors (Lipinski definition) is 0. The number of rotatable bonds is 3. The first-order chi connectivity index (χ1) is 9.38. The number of nitrogens with zero attached hydrogens (tertiary/aromatic N) is 1. The van der Waals surface area contributed by atoms with Crippen molar-refractivity contribution in [3.05, 3.63) is 59.7 Å². The quantitative estimate of drug-likeness (QED) is 0.871. The van der Waals surface area contributed by atoms with Gasteiger partial charge in [0.05, 0.1) is 4.90 Å². The van der Waals surface area contributed by atoms with E-state index in [1.54, 1.807) is 24.3 Å². The van der Waals surface area contributed by atoms with Crippen LogP contribution >= 0.6 is 0 Å². The van der Waals surface area contributed by atoms with Crippen molar-refractivity contribution in [3.8, 4) is 0 Å². The van der Waals surface area contributed by atoms with Crippen molar-refractivity contribution in [2.24, 2.45) is 3.77 Å². The Morgan fingerprint density at radius 3 is 1.80 bits per heavy atom. The van der Waals surface area contributed by atoms with E-state index in [-0.39, 0.29) is 4.90 Å². The highest BCUT2D eigenvalue weighted by atomic mass is 32.3. The minimum Gasteiger partial charge on any atom is -0.199 e. The van der Waals surface area contributed by atoms with Gasteiger partial charge in [0.1, 0.15) is 0 Å². The highest BCUT2D eigenvalue weighted by Crippen LogP contribution is 2.17. The second kappa shape index (κ2) is 5.89. The van der Waals surface area contributed by atoms with Crippen LogP contribution < -0.4 is 0 Å². The molecule has 3 nitrogen and oxygen atoms in total. The third kappa shape index (κ3) is 3.55. The molecule has 2 rings (SSSR count). The Bertz CT molecular complexity index is 730. The van der Waals surface area contributed by atoms with Gasteiger partial charge in [-0.1, -0.05) is 46.1 Å². The lowest BCUT2D eigenvalue weighted by atomic mass is 10.2. The Hall–Kier alpha value is -1.46. The van der Waals surface area contributed by atoms with Crippen molar-refractivity contribution in [1.29, 1.82) is 0 Å². The van der Waals surface area contributed by atoms with Crippen molar-refractivity contribution in [2.45, 2.75) is 23.6 Å². The maximum Gasteiger partial charge on any atom is 0.288 e. The van der Waals surface area contributed by atoms with Gasteiger partial charge in [0, 0.05) is 4.90 Å². The van der Waals surface area contributed by atoms with Crippen LogP contribution in [0.3, 0.4) is 0 Å². The van der Waals surface area contributed by atoms with Crippen LogP contribution in [0.5, 0.6) is 0 Å². The van der Waals surface area contributed by atoms with Crippen molar-refractivity contribution in [2.75, 3.05) is 6.26 Å². The fraction of sp³-hybridized carbons (Fsp3) is 0.200. The molecule has 0 amide bonds. The molecule has 0 unspecified atom stereocenters. The topological polar surface area (TPSA) is 46.5 Å². The third-order valence-electron chi connectivity index (χ3n) is 2.89. The van der Waals surface area contributed by atoms with E-state index in [1.165, 1.54) is 0 Å².